The largest absolute Gasteiger partial charge is 0.394 e. The average Bonchev–Trinajstić information content (AvgIpc) is 2.21. The lowest BCUT2D eigenvalue weighted by Gasteiger charge is -2.10. The van der Waals surface area contributed by atoms with E-state index in [1.165, 1.54) is 22.9 Å². The van der Waals surface area contributed by atoms with Gasteiger partial charge in [-0.2, -0.15) is 0 Å². The van der Waals surface area contributed by atoms with Gasteiger partial charge in [0.15, 0.2) is 0 Å². The molecule has 0 bridgehead atoms. The molecule has 5 nitrogen and oxygen atoms in total. The highest BCUT2D eigenvalue weighted by molar-refractivity contribution is 5.94. The molecular weight excluding hydrogens is 196 g/mol. The predicted octanol–water partition coefficient (Wildman–Crippen LogP) is -0.504. The van der Waals surface area contributed by atoms with Crippen LogP contribution in [0.15, 0.2) is 23.1 Å². The van der Waals surface area contributed by atoms with Crippen molar-refractivity contribution >= 4 is 5.91 Å². The zero-order valence-electron chi connectivity index (χ0n) is 8.73. The molecule has 0 aliphatic heterocycles. The Hall–Kier alpha value is -1.62. The number of aliphatic hydroxyl groups excluding tert-OH is 1. The van der Waals surface area contributed by atoms with E-state index in [1.807, 2.05) is 0 Å². The third kappa shape index (κ3) is 2.92. The molecule has 1 amide bonds. The van der Waals surface area contributed by atoms with E-state index in [0.717, 1.165) is 0 Å². The maximum absolute atomic E-state index is 11.5. The molecule has 1 aromatic rings. The molecule has 2 N–H and O–H groups in total. The van der Waals surface area contributed by atoms with Crippen molar-refractivity contribution in [2.24, 2.45) is 7.05 Å². The summed E-state index contributed by atoms with van der Waals surface area (Å²) in [5, 5.41) is 11.3. The third-order valence-corrected chi connectivity index (χ3v) is 2.00. The van der Waals surface area contributed by atoms with Crippen molar-refractivity contribution in [3.8, 4) is 0 Å². The monoisotopic (exact) mass is 210 g/mol. The van der Waals surface area contributed by atoms with E-state index >= 15 is 0 Å². The van der Waals surface area contributed by atoms with Crippen LogP contribution in [0.4, 0.5) is 0 Å². The van der Waals surface area contributed by atoms with Gasteiger partial charge >= 0.3 is 0 Å². The molecule has 0 saturated carbocycles. The minimum Gasteiger partial charge on any atom is -0.394 e. The molecule has 0 aromatic carbocycles. The van der Waals surface area contributed by atoms with E-state index in [9.17, 15) is 9.59 Å². The van der Waals surface area contributed by atoms with Gasteiger partial charge in [0.1, 0.15) is 0 Å². The second kappa shape index (κ2) is 4.75. The van der Waals surface area contributed by atoms with Crippen LogP contribution in [0.25, 0.3) is 0 Å². The van der Waals surface area contributed by atoms with E-state index in [2.05, 4.69) is 5.32 Å². The number of hydrogen-bond donors (Lipinski definition) is 2. The van der Waals surface area contributed by atoms with Gasteiger partial charge in [-0.15, -0.1) is 0 Å². The first-order chi connectivity index (χ1) is 7.04. The normalized spacial score (nSPS) is 12.2. The Labute approximate surface area is 87.4 Å². The van der Waals surface area contributed by atoms with E-state index in [-0.39, 0.29) is 24.1 Å². The lowest BCUT2D eigenvalue weighted by Crippen LogP contribution is -2.35. The molecule has 15 heavy (non-hydrogen) atoms. The minimum atomic E-state index is -0.299. The average molecular weight is 210 g/mol. The van der Waals surface area contributed by atoms with Crippen LogP contribution >= 0.6 is 0 Å². The van der Waals surface area contributed by atoms with Crippen molar-refractivity contribution in [1.82, 2.24) is 9.88 Å². The van der Waals surface area contributed by atoms with Gasteiger partial charge in [-0.3, -0.25) is 9.59 Å². The molecular formula is C10H14N2O3. The summed E-state index contributed by atoms with van der Waals surface area (Å²) in [5.74, 6) is -0.299. The Bertz CT molecular complexity index is 411. The molecule has 1 rings (SSSR count). The Morgan fingerprint density at radius 1 is 1.60 bits per heavy atom. The van der Waals surface area contributed by atoms with E-state index in [4.69, 9.17) is 5.11 Å². The maximum atomic E-state index is 11.5. The standard InChI is InChI=1S/C10H14N2O3/c1-7(6-13)11-10(15)8-3-4-9(14)12(2)5-8/h3-5,7,13H,6H2,1-2H3,(H,11,15). The van der Waals surface area contributed by atoms with Crippen LogP contribution in [-0.2, 0) is 7.05 Å². The number of aryl methyl sites for hydroxylation is 1. The number of aliphatic hydroxyl groups is 1. The lowest BCUT2D eigenvalue weighted by atomic mass is 10.2. The fourth-order valence-corrected chi connectivity index (χ4v) is 1.08. The molecule has 0 saturated heterocycles. The number of aromatic nitrogens is 1. The highest BCUT2D eigenvalue weighted by atomic mass is 16.3. The van der Waals surface area contributed by atoms with Crippen LogP contribution in [0, 0.1) is 0 Å². The van der Waals surface area contributed by atoms with Crippen LogP contribution in [0.5, 0.6) is 0 Å². The number of amides is 1. The van der Waals surface area contributed by atoms with Gasteiger partial charge in [0, 0.05) is 25.4 Å². The van der Waals surface area contributed by atoms with Gasteiger partial charge in [0.05, 0.1) is 12.2 Å². The summed E-state index contributed by atoms with van der Waals surface area (Å²) >= 11 is 0. The number of hydrogen-bond acceptors (Lipinski definition) is 3. The fraction of sp³-hybridized carbons (Fsp3) is 0.400. The summed E-state index contributed by atoms with van der Waals surface area (Å²) in [7, 11) is 1.58. The Morgan fingerprint density at radius 2 is 2.27 bits per heavy atom. The smallest absolute Gasteiger partial charge is 0.253 e. The highest BCUT2D eigenvalue weighted by Crippen LogP contribution is 1.95. The quantitative estimate of drug-likeness (QED) is 0.706. The van der Waals surface area contributed by atoms with Gasteiger partial charge < -0.3 is 15.0 Å². The second-order valence-corrected chi connectivity index (χ2v) is 3.42. The number of pyridine rings is 1. The number of carbonyl (C=O) groups is 1. The van der Waals surface area contributed by atoms with Crippen molar-refractivity contribution in [3.63, 3.8) is 0 Å². The summed E-state index contributed by atoms with van der Waals surface area (Å²) in [6.45, 7) is 1.58. The molecule has 1 heterocycles. The van der Waals surface area contributed by atoms with Crippen LogP contribution in [0.3, 0.4) is 0 Å². The number of nitrogens with zero attached hydrogens (tertiary/aromatic N) is 1. The molecule has 82 valence electrons. The van der Waals surface area contributed by atoms with E-state index in [1.54, 1.807) is 14.0 Å². The molecule has 0 aliphatic rings. The van der Waals surface area contributed by atoms with Gasteiger partial charge in [-0.1, -0.05) is 0 Å². The summed E-state index contributed by atoms with van der Waals surface area (Å²) in [6.07, 6.45) is 1.46. The zero-order valence-corrected chi connectivity index (χ0v) is 8.73. The van der Waals surface area contributed by atoms with Gasteiger partial charge in [0.2, 0.25) is 5.56 Å². The number of nitrogens with one attached hydrogen (secondary N) is 1. The summed E-state index contributed by atoms with van der Waals surface area (Å²) in [5.41, 5.74) is 0.235. The lowest BCUT2D eigenvalue weighted by molar-refractivity contribution is 0.0921. The molecule has 1 unspecified atom stereocenters. The number of rotatable bonds is 3. The minimum absolute atomic E-state index is 0.114. The molecule has 0 fully saturated rings. The zero-order chi connectivity index (χ0) is 11.4. The molecule has 0 radical (unpaired) electrons. The van der Waals surface area contributed by atoms with E-state index in [0.29, 0.717) is 5.56 Å². The van der Waals surface area contributed by atoms with Gasteiger partial charge in [-0.05, 0) is 13.0 Å². The van der Waals surface area contributed by atoms with Crippen LogP contribution in [0.2, 0.25) is 0 Å². The Kier molecular flexibility index (Phi) is 3.62. The molecule has 0 spiro atoms. The van der Waals surface area contributed by atoms with Crippen molar-refractivity contribution < 1.29 is 9.90 Å². The summed E-state index contributed by atoms with van der Waals surface area (Å²) in [6, 6.07) is 2.50. The third-order valence-electron chi connectivity index (χ3n) is 2.00. The van der Waals surface area contributed by atoms with Gasteiger partial charge in [0.25, 0.3) is 5.91 Å². The first kappa shape index (κ1) is 11.5. The topological polar surface area (TPSA) is 71.3 Å². The second-order valence-electron chi connectivity index (χ2n) is 3.42. The fourth-order valence-electron chi connectivity index (χ4n) is 1.08. The summed E-state index contributed by atoms with van der Waals surface area (Å²) < 4.78 is 1.33. The van der Waals surface area contributed by atoms with Crippen LogP contribution in [-0.4, -0.2) is 28.2 Å². The highest BCUT2D eigenvalue weighted by Gasteiger charge is 2.09. The maximum Gasteiger partial charge on any atom is 0.253 e. The molecule has 1 atom stereocenters. The van der Waals surface area contributed by atoms with E-state index < -0.39 is 0 Å². The van der Waals surface area contributed by atoms with Crippen molar-refractivity contribution in [3.05, 3.63) is 34.2 Å². The van der Waals surface area contributed by atoms with Crippen molar-refractivity contribution in [2.75, 3.05) is 6.61 Å². The first-order valence-electron chi connectivity index (χ1n) is 4.63. The SMILES string of the molecule is CC(CO)NC(=O)c1ccc(=O)n(C)c1. The molecule has 5 heteroatoms. The predicted molar refractivity (Wildman–Crippen MR) is 55.7 cm³/mol. The van der Waals surface area contributed by atoms with Crippen LogP contribution < -0.4 is 10.9 Å². The summed E-state index contributed by atoms with van der Waals surface area (Å²) in [4.78, 5) is 22.6. The van der Waals surface area contributed by atoms with Crippen molar-refractivity contribution in [2.45, 2.75) is 13.0 Å². The van der Waals surface area contributed by atoms with Crippen LogP contribution in [0.1, 0.15) is 17.3 Å². The Balaban J connectivity index is 2.83. The molecule has 1 aromatic heterocycles. The molecule has 0 aliphatic carbocycles. The Morgan fingerprint density at radius 3 is 2.80 bits per heavy atom. The number of carbonyl (C=O) groups excluding carboxylic acids is 1. The van der Waals surface area contributed by atoms with Crippen molar-refractivity contribution in [1.29, 1.82) is 0 Å². The first-order valence-corrected chi connectivity index (χ1v) is 4.63. The van der Waals surface area contributed by atoms with Gasteiger partial charge in [-0.25, -0.2) is 0 Å².